The minimum Gasteiger partial charge on any atom is -0.336 e. The van der Waals surface area contributed by atoms with Gasteiger partial charge in [0.05, 0.1) is 0 Å². The number of hydrogen-bond acceptors (Lipinski definition) is 4. The van der Waals surface area contributed by atoms with E-state index >= 15 is 0 Å². The maximum atomic E-state index is 10.7. The van der Waals surface area contributed by atoms with E-state index in [1.807, 2.05) is 12.1 Å². The first-order valence-corrected chi connectivity index (χ1v) is 6.07. The summed E-state index contributed by atoms with van der Waals surface area (Å²) >= 11 is 6.82. The largest absolute Gasteiger partial charge is 0.336 e. The van der Waals surface area contributed by atoms with E-state index in [2.05, 4.69) is 6.92 Å². The Hall–Kier alpha value is -0.810. The van der Waals surface area contributed by atoms with Gasteiger partial charge in [-0.15, -0.1) is 11.8 Å². The molecule has 0 aromatic carbocycles. The van der Waals surface area contributed by atoms with Crippen molar-refractivity contribution >= 4 is 29.9 Å². The molecule has 5 heteroatoms. The fourth-order valence-corrected chi connectivity index (χ4v) is 2.06. The molecule has 0 unspecified atom stereocenters. The fraction of sp³-hybridized carbons (Fsp3) is 0.400. The van der Waals surface area contributed by atoms with Crippen molar-refractivity contribution in [1.29, 1.82) is 0 Å². The van der Waals surface area contributed by atoms with E-state index in [0.29, 0.717) is 4.64 Å². The van der Waals surface area contributed by atoms with Crippen LogP contribution in [0.25, 0.3) is 0 Å². The molecule has 0 saturated heterocycles. The van der Waals surface area contributed by atoms with Gasteiger partial charge in [0.25, 0.3) is 0 Å². The number of carbonyl (C=O) groups is 1. The number of aromatic nitrogens is 1. The Labute approximate surface area is 98.4 Å². The molecule has 1 aromatic heterocycles. The predicted molar refractivity (Wildman–Crippen MR) is 63.5 cm³/mol. The van der Waals surface area contributed by atoms with Gasteiger partial charge < -0.3 is 4.84 Å². The molecule has 1 heterocycles. The molecule has 82 valence electrons. The van der Waals surface area contributed by atoms with E-state index in [1.54, 1.807) is 18.0 Å². The lowest BCUT2D eigenvalue weighted by molar-refractivity contribution is -0.141. The third kappa shape index (κ3) is 4.05. The molecule has 3 nitrogen and oxygen atoms in total. The summed E-state index contributed by atoms with van der Waals surface area (Å²) in [7, 11) is 0. The van der Waals surface area contributed by atoms with Crippen LogP contribution in [-0.2, 0) is 4.79 Å². The summed E-state index contributed by atoms with van der Waals surface area (Å²) in [5.74, 6) is 0.687. The van der Waals surface area contributed by atoms with Crippen LogP contribution in [-0.4, -0.2) is 16.5 Å². The zero-order valence-corrected chi connectivity index (χ0v) is 10.4. The zero-order valence-electron chi connectivity index (χ0n) is 8.73. The molecule has 15 heavy (non-hydrogen) atoms. The maximum absolute atomic E-state index is 10.7. The molecular formula is C10H13NO2S2. The third-order valence-electron chi connectivity index (χ3n) is 1.56. The Morgan fingerprint density at radius 3 is 2.93 bits per heavy atom. The van der Waals surface area contributed by atoms with Crippen LogP contribution in [0.15, 0.2) is 23.2 Å². The topological polar surface area (TPSA) is 31.2 Å². The highest BCUT2D eigenvalue weighted by atomic mass is 32.2. The molecule has 0 bridgehead atoms. The van der Waals surface area contributed by atoms with E-state index in [-0.39, 0.29) is 5.97 Å². The molecule has 0 spiro atoms. The number of pyridine rings is 1. The van der Waals surface area contributed by atoms with Gasteiger partial charge in [-0.3, -0.25) is 0 Å². The van der Waals surface area contributed by atoms with Crippen molar-refractivity contribution in [1.82, 2.24) is 4.73 Å². The number of carbonyl (C=O) groups excluding carboxylic acids is 1. The molecule has 0 aliphatic carbocycles. The highest BCUT2D eigenvalue weighted by Crippen LogP contribution is 2.18. The van der Waals surface area contributed by atoms with Gasteiger partial charge in [-0.25, -0.2) is 4.79 Å². The quantitative estimate of drug-likeness (QED) is 0.601. The molecule has 0 atom stereocenters. The molecule has 0 saturated carbocycles. The van der Waals surface area contributed by atoms with Crippen LogP contribution in [0.2, 0.25) is 0 Å². The van der Waals surface area contributed by atoms with Gasteiger partial charge >= 0.3 is 5.97 Å². The smallest absolute Gasteiger partial charge is 0.329 e. The van der Waals surface area contributed by atoms with Crippen LogP contribution < -0.4 is 4.84 Å². The first-order valence-electron chi connectivity index (χ1n) is 4.68. The van der Waals surface area contributed by atoms with Crippen molar-refractivity contribution in [3.8, 4) is 0 Å². The minimum absolute atomic E-state index is 0.375. The van der Waals surface area contributed by atoms with Crippen LogP contribution in [0, 0.1) is 4.64 Å². The second-order valence-corrected chi connectivity index (χ2v) is 4.54. The van der Waals surface area contributed by atoms with Gasteiger partial charge in [0.1, 0.15) is 4.64 Å². The van der Waals surface area contributed by atoms with Crippen LogP contribution >= 0.6 is 24.0 Å². The first-order chi connectivity index (χ1) is 7.13. The number of nitrogens with zero attached hydrogens (tertiary/aromatic N) is 1. The molecule has 0 aliphatic heterocycles. The molecule has 0 amide bonds. The van der Waals surface area contributed by atoms with E-state index in [0.717, 1.165) is 17.1 Å². The van der Waals surface area contributed by atoms with Crippen molar-refractivity contribution in [2.75, 3.05) is 5.75 Å². The highest BCUT2D eigenvalue weighted by Gasteiger charge is 1.99. The summed E-state index contributed by atoms with van der Waals surface area (Å²) in [6.45, 7) is 3.48. The Kier molecular flexibility index (Phi) is 4.84. The van der Waals surface area contributed by atoms with Crippen molar-refractivity contribution in [3.63, 3.8) is 0 Å². The molecule has 0 radical (unpaired) electrons. The van der Waals surface area contributed by atoms with Crippen molar-refractivity contribution in [2.45, 2.75) is 25.2 Å². The lowest BCUT2D eigenvalue weighted by atomic mass is 10.5. The number of thioether (sulfide) groups is 1. The van der Waals surface area contributed by atoms with Gasteiger partial charge in [0, 0.05) is 18.0 Å². The van der Waals surface area contributed by atoms with Crippen LogP contribution in [0.3, 0.4) is 0 Å². The Bertz CT molecular complexity index is 401. The standard InChI is InChI=1S/C10H13NO2S2/c1-3-6-15-9-4-5-11(10(14)7-9)13-8(2)12/h4-5,7H,3,6H2,1-2H3. The number of hydrogen-bond donors (Lipinski definition) is 0. The maximum Gasteiger partial charge on any atom is 0.329 e. The van der Waals surface area contributed by atoms with Gasteiger partial charge in [-0.05, 0) is 24.3 Å². The Balaban J connectivity index is 2.79. The summed E-state index contributed by atoms with van der Waals surface area (Å²) in [5, 5.41) is 0. The Morgan fingerprint density at radius 2 is 2.40 bits per heavy atom. The second kappa shape index (κ2) is 5.92. The predicted octanol–water partition coefficient (Wildman–Crippen LogP) is 2.69. The summed E-state index contributed by atoms with van der Waals surface area (Å²) < 4.78 is 1.81. The summed E-state index contributed by atoms with van der Waals surface area (Å²) in [6.07, 6.45) is 2.79. The van der Waals surface area contributed by atoms with Gasteiger partial charge in [0.2, 0.25) is 0 Å². The average molecular weight is 243 g/mol. The van der Waals surface area contributed by atoms with Gasteiger partial charge in [0.15, 0.2) is 0 Å². The van der Waals surface area contributed by atoms with Crippen molar-refractivity contribution in [2.24, 2.45) is 0 Å². The summed E-state index contributed by atoms with van der Waals surface area (Å²) in [6, 6.07) is 3.72. The second-order valence-electron chi connectivity index (χ2n) is 2.96. The molecule has 1 rings (SSSR count). The monoisotopic (exact) mass is 243 g/mol. The van der Waals surface area contributed by atoms with Gasteiger partial charge in [-0.2, -0.15) is 4.73 Å². The molecular weight excluding hydrogens is 230 g/mol. The van der Waals surface area contributed by atoms with Gasteiger partial charge in [-0.1, -0.05) is 19.1 Å². The van der Waals surface area contributed by atoms with E-state index in [1.165, 1.54) is 11.7 Å². The van der Waals surface area contributed by atoms with Crippen LogP contribution in [0.4, 0.5) is 0 Å². The van der Waals surface area contributed by atoms with E-state index in [4.69, 9.17) is 17.1 Å². The van der Waals surface area contributed by atoms with E-state index in [9.17, 15) is 4.79 Å². The lowest BCUT2D eigenvalue weighted by Crippen LogP contribution is -2.16. The summed E-state index contributed by atoms with van der Waals surface area (Å²) in [5.41, 5.74) is 0. The normalized spacial score (nSPS) is 10.0. The van der Waals surface area contributed by atoms with Crippen molar-refractivity contribution < 1.29 is 9.63 Å². The average Bonchev–Trinajstić information content (AvgIpc) is 2.18. The molecule has 0 fully saturated rings. The highest BCUT2D eigenvalue weighted by molar-refractivity contribution is 7.99. The molecule has 0 N–H and O–H groups in total. The zero-order chi connectivity index (χ0) is 11.3. The fourth-order valence-electron chi connectivity index (χ4n) is 0.972. The minimum atomic E-state index is -0.375. The molecule has 0 aliphatic rings. The molecule has 1 aromatic rings. The summed E-state index contributed by atoms with van der Waals surface area (Å²) in [4.78, 5) is 16.7. The lowest BCUT2D eigenvalue weighted by Gasteiger charge is -2.06. The Morgan fingerprint density at radius 1 is 1.67 bits per heavy atom. The first kappa shape index (κ1) is 12.3. The number of rotatable bonds is 4. The van der Waals surface area contributed by atoms with Crippen LogP contribution in [0.1, 0.15) is 20.3 Å². The van der Waals surface area contributed by atoms with Crippen LogP contribution in [0.5, 0.6) is 0 Å². The van der Waals surface area contributed by atoms with E-state index < -0.39 is 0 Å². The SMILES string of the molecule is CCCSc1ccn(OC(C)=O)c(=S)c1. The third-order valence-corrected chi connectivity index (χ3v) is 3.05. The van der Waals surface area contributed by atoms with Crippen molar-refractivity contribution in [3.05, 3.63) is 23.0 Å².